The Labute approximate surface area is 121 Å². The van der Waals surface area contributed by atoms with E-state index in [1.807, 2.05) is 31.2 Å². The summed E-state index contributed by atoms with van der Waals surface area (Å²) >= 11 is 1.22. The molecule has 0 aliphatic heterocycles. The van der Waals surface area contributed by atoms with Crippen molar-refractivity contribution in [1.82, 2.24) is 0 Å². The third-order valence-electron chi connectivity index (χ3n) is 2.55. The summed E-state index contributed by atoms with van der Waals surface area (Å²) in [5.41, 5.74) is 0. The maximum absolute atomic E-state index is 10.8. The number of hydrogen-bond donors (Lipinski definition) is 1. The smallest absolute Gasteiger partial charge is 0.345 e. The average molecular weight is 292 g/mol. The molecule has 1 N–H and O–H groups in total. The summed E-state index contributed by atoms with van der Waals surface area (Å²) in [5.74, 6) is 0.475. The number of para-hydroxylation sites is 2. The first kappa shape index (κ1) is 14.4. The van der Waals surface area contributed by atoms with E-state index in [0.717, 1.165) is 11.3 Å². The lowest BCUT2D eigenvalue weighted by molar-refractivity contribution is 0.0702. The molecule has 0 amide bonds. The summed E-state index contributed by atoms with van der Waals surface area (Å²) in [6, 6.07) is 10.8. The number of ether oxygens (including phenoxy) is 2. The van der Waals surface area contributed by atoms with E-state index in [9.17, 15) is 4.79 Å². The average Bonchev–Trinajstić information content (AvgIpc) is 2.93. The molecule has 0 radical (unpaired) electrons. The van der Waals surface area contributed by atoms with E-state index < -0.39 is 5.97 Å². The summed E-state index contributed by atoms with van der Waals surface area (Å²) in [6.45, 7) is 3.02. The third-order valence-corrected chi connectivity index (χ3v) is 3.60. The van der Waals surface area contributed by atoms with Crippen molar-refractivity contribution >= 4 is 17.3 Å². The van der Waals surface area contributed by atoms with Gasteiger partial charge in [0.2, 0.25) is 0 Å². The SMILES string of the molecule is CCCOc1ccccc1OCc1ccc(C(=O)O)s1. The second-order valence-corrected chi connectivity index (χ2v) is 5.32. The van der Waals surface area contributed by atoms with Gasteiger partial charge >= 0.3 is 5.97 Å². The fourth-order valence-electron chi connectivity index (χ4n) is 1.62. The quantitative estimate of drug-likeness (QED) is 0.843. The zero-order valence-corrected chi connectivity index (χ0v) is 12.0. The molecule has 2 aromatic rings. The number of aromatic carboxylic acids is 1. The number of benzene rings is 1. The molecular weight excluding hydrogens is 276 g/mol. The van der Waals surface area contributed by atoms with Crippen molar-refractivity contribution in [3.8, 4) is 11.5 Å². The summed E-state index contributed by atoms with van der Waals surface area (Å²) in [4.78, 5) is 12.0. The molecule has 0 aliphatic carbocycles. The minimum atomic E-state index is -0.909. The molecule has 5 heteroatoms. The second kappa shape index (κ2) is 6.96. The third kappa shape index (κ3) is 3.74. The highest BCUT2D eigenvalue weighted by molar-refractivity contribution is 7.13. The van der Waals surface area contributed by atoms with Crippen LogP contribution in [-0.2, 0) is 6.61 Å². The molecule has 0 aliphatic rings. The fourth-order valence-corrected chi connectivity index (χ4v) is 2.38. The lowest BCUT2D eigenvalue weighted by Crippen LogP contribution is -1.99. The van der Waals surface area contributed by atoms with Crippen molar-refractivity contribution in [2.24, 2.45) is 0 Å². The number of rotatable bonds is 7. The van der Waals surface area contributed by atoms with Crippen molar-refractivity contribution in [3.05, 3.63) is 46.2 Å². The molecular formula is C15H16O4S. The zero-order valence-electron chi connectivity index (χ0n) is 11.2. The highest BCUT2D eigenvalue weighted by atomic mass is 32.1. The largest absolute Gasteiger partial charge is 0.490 e. The van der Waals surface area contributed by atoms with E-state index in [-0.39, 0.29) is 0 Å². The van der Waals surface area contributed by atoms with Gasteiger partial charge in [-0.3, -0.25) is 0 Å². The first-order valence-corrected chi connectivity index (χ1v) is 7.19. The molecule has 0 atom stereocenters. The van der Waals surface area contributed by atoms with Crippen LogP contribution in [0.15, 0.2) is 36.4 Å². The lowest BCUT2D eigenvalue weighted by atomic mass is 10.3. The molecule has 20 heavy (non-hydrogen) atoms. The Balaban J connectivity index is 2.00. The Morgan fingerprint density at radius 2 is 1.85 bits per heavy atom. The van der Waals surface area contributed by atoms with Crippen LogP contribution in [0.3, 0.4) is 0 Å². The van der Waals surface area contributed by atoms with Gasteiger partial charge in [0.1, 0.15) is 11.5 Å². The Morgan fingerprint density at radius 1 is 1.15 bits per heavy atom. The summed E-state index contributed by atoms with van der Waals surface area (Å²) in [6.07, 6.45) is 0.932. The predicted octanol–water partition coefficient (Wildman–Crippen LogP) is 3.81. The van der Waals surface area contributed by atoms with Crippen LogP contribution in [-0.4, -0.2) is 17.7 Å². The molecule has 0 saturated heterocycles. The van der Waals surface area contributed by atoms with Gasteiger partial charge in [-0.05, 0) is 30.7 Å². The number of carboxylic acid groups (broad SMARTS) is 1. The van der Waals surface area contributed by atoms with Gasteiger partial charge in [0.05, 0.1) is 6.61 Å². The highest BCUT2D eigenvalue weighted by Crippen LogP contribution is 2.28. The van der Waals surface area contributed by atoms with Gasteiger partial charge in [-0.15, -0.1) is 11.3 Å². The molecule has 1 aromatic carbocycles. The van der Waals surface area contributed by atoms with Gasteiger partial charge in [-0.1, -0.05) is 19.1 Å². The number of thiophene rings is 1. The van der Waals surface area contributed by atoms with E-state index in [4.69, 9.17) is 14.6 Å². The van der Waals surface area contributed by atoms with Crippen LogP contribution in [0.4, 0.5) is 0 Å². The molecule has 2 rings (SSSR count). The predicted molar refractivity (Wildman–Crippen MR) is 77.8 cm³/mol. The van der Waals surface area contributed by atoms with E-state index in [1.54, 1.807) is 12.1 Å². The van der Waals surface area contributed by atoms with Gasteiger partial charge in [0, 0.05) is 4.88 Å². The van der Waals surface area contributed by atoms with Gasteiger partial charge < -0.3 is 14.6 Å². The first-order valence-electron chi connectivity index (χ1n) is 6.37. The minimum absolute atomic E-state index is 0.319. The normalized spacial score (nSPS) is 10.2. The van der Waals surface area contributed by atoms with Crippen LogP contribution < -0.4 is 9.47 Å². The van der Waals surface area contributed by atoms with Gasteiger partial charge in [-0.25, -0.2) is 4.79 Å². The Morgan fingerprint density at radius 3 is 2.45 bits per heavy atom. The fraction of sp³-hybridized carbons (Fsp3) is 0.267. The Bertz CT molecular complexity index is 577. The maximum Gasteiger partial charge on any atom is 0.345 e. The molecule has 1 heterocycles. The molecule has 0 unspecified atom stereocenters. The number of carbonyl (C=O) groups is 1. The second-order valence-electron chi connectivity index (χ2n) is 4.15. The van der Waals surface area contributed by atoms with E-state index in [1.165, 1.54) is 11.3 Å². The van der Waals surface area contributed by atoms with Crippen LogP contribution in [0, 0.1) is 0 Å². The van der Waals surface area contributed by atoms with Crippen molar-refractivity contribution < 1.29 is 19.4 Å². The monoisotopic (exact) mass is 292 g/mol. The van der Waals surface area contributed by atoms with Crippen molar-refractivity contribution in [2.45, 2.75) is 20.0 Å². The molecule has 106 valence electrons. The Hall–Kier alpha value is -2.01. The van der Waals surface area contributed by atoms with Crippen LogP contribution in [0.2, 0.25) is 0 Å². The van der Waals surface area contributed by atoms with Gasteiger partial charge in [-0.2, -0.15) is 0 Å². The van der Waals surface area contributed by atoms with Crippen molar-refractivity contribution in [3.63, 3.8) is 0 Å². The van der Waals surface area contributed by atoms with Crippen LogP contribution in [0.25, 0.3) is 0 Å². The standard InChI is InChI=1S/C15H16O4S/c1-2-9-18-12-5-3-4-6-13(12)19-10-11-7-8-14(20-11)15(16)17/h3-8H,2,9-10H2,1H3,(H,16,17). The number of carboxylic acids is 1. The van der Waals surface area contributed by atoms with E-state index in [0.29, 0.717) is 29.6 Å². The molecule has 0 saturated carbocycles. The van der Waals surface area contributed by atoms with Crippen LogP contribution >= 0.6 is 11.3 Å². The molecule has 1 aromatic heterocycles. The van der Waals surface area contributed by atoms with Crippen LogP contribution in [0.5, 0.6) is 11.5 Å². The maximum atomic E-state index is 10.8. The summed E-state index contributed by atoms with van der Waals surface area (Å²) in [5, 5.41) is 8.87. The van der Waals surface area contributed by atoms with Crippen LogP contribution in [0.1, 0.15) is 27.9 Å². The molecule has 0 bridgehead atoms. The summed E-state index contributed by atoms with van der Waals surface area (Å²) < 4.78 is 11.3. The highest BCUT2D eigenvalue weighted by Gasteiger charge is 2.09. The van der Waals surface area contributed by atoms with Gasteiger partial charge in [0.25, 0.3) is 0 Å². The first-order chi connectivity index (χ1) is 9.70. The van der Waals surface area contributed by atoms with E-state index in [2.05, 4.69) is 0 Å². The Kier molecular flexibility index (Phi) is 5.01. The number of hydrogen-bond acceptors (Lipinski definition) is 4. The topological polar surface area (TPSA) is 55.8 Å². The minimum Gasteiger partial charge on any atom is -0.490 e. The van der Waals surface area contributed by atoms with Crippen molar-refractivity contribution in [2.75, 3.05) is 6.61 Å². The van der Waals surface area contributed by atoms with Gasteiger partial charge in [0.15, 0.2) is 11.5 Å². The lowest BCUT2D eigenvalue weighted by Gasteiger charge is -2.11. The van der Waals surface area contributed by atoms with Crippen molar-refractivity contribution in [1.29, 1.82) is 0 Å². The molecule has 4 nitrogen and oxygen atoms in total. The molecule has 0 fully saturated rings. The van der Waals surface area contributed by atoms with E-state index >= 15 is 0 Å². The zero-order chi connectivity index (χ0) is 14.4. The summed E-state index contributed by atoms with van der Waals surface area (Å²) in [7, 11) is 0. The molecule has 0 spiro atoms.